The van der Waals surface area contributed by atoms with Crippen molar-refractivity contribution >= 4 is 11.8 Å². The lowest BCUT2D eigenvalue weighted by molar-refractivity contribution is 0.189. The van der Waals surface area contributed by atoms with Gasteiger partial charge in [0.1, 0.15) is 17.8 Å². The zero-order valence-corrected chi connectivity index (χ0v) is 13.9. The van der Waals surface area contributed by atoms with Crippen molar-refractivity contribution in [3.63, 3.8) is 0 Å². The van der Waals surface area contributed by atoms with E-state index in [-0.39, 0.29) is 0 Å². The maximum Gasteiger partial charge on any atom is 0.191 e. The summed E-state index contributed by atoms with van der Waals surface area (Å²) in [5.41, 5.74) is 1.07. The number of hydrogen-bond acceptors (Lipinski definition) is 6. The Balaban J connectivity index is 2.02. The van der Waals surface area contributed by atoms with Crippen molar-refractivity contribution in [3.05, 3.63) is 30.1 Å². The summed E-state index contributed by atoms with van der Waals surface area (Å²) < 4.78 is 17.8. The van der Waals surface area contributed by atoms with Crippen molar-refractivity contribution in [2.45, 2.75) is 23.9 Å². The van der Waals surface area contributed by atoms with Crippen LogP contribution in [0, 0.1) is 0 Å². The molecule has 120 valence electrons. The Labute approximate surface area is 134 Å². The van der Waals surface area contributed by atoms with Gasteiger partial charge in [0, 0.05) is 31.6 Å². The first kappa shape index (κ1) is 16.6. The van der Waals surface area contributed by atoms with E-state index in [1.807, 2.05) is 22.8 Å². The van der Waals surface area contributed by atoms with Gasteiger partial charge < -0.3 is 18.8 Å². The van der Waals surface area contributed by atoms with Crippen LogP contribution in [0.15, 0.2) is 29.7 Å². The zero-order chi connectivity index (χ0) is 15.8. The Morgan fingerprint density at radius 1 is 1.18 bits per heavy atom. The Morgan fingerprint density at radius 2 is 2.05 bits per heavy atom. The molecule has 2 aromatic rings. The minimum atomic E-state index is 0.728. The first-order chi connectivity index (χ1) is 10.8. The van der Waals surface area contributed by atoms with Crippen LogP contribution in [0.4, 0.5) is 0 Å². The van der Waals surface area contributed by atoms with E-state index >= 15 is 0 Å². The maximum atomic E-state index is 5.40. The normalized spacial score (nSPS) is 10.7. The van der Waals surface area contributed by atoms with E-state index in [0.29, 0.717) is 0 Å². The van der Waals surface area contributed by atoms with Crippen molar-refractivity contribution in [2.75, 3.05) is 27.9 Å². The third-order valence-corrected chi connectivity index (χ3v) is 4.20. The van der Waals surface area contributed by atoms with Gasteiger partial charge in [-0.25, -0.2) is 0 Å². The predicted molar refractivity (Wildman–Crippen MR) is 85.6 cm³/mol. The van der Waals surface area contributed by atoms with E-state index in [9.17, 15) is 0 Å². The van der Waals surface area contributed by atoms with Gasteiger partial charge in [-0.2, -0.15) is 0 Å². The summed E-state index contributed by atoms with van der Waals surface area (Å²) in [6.45, 7) is 1.57. The van der Waals surface area contributed by atoms with Crippen molar-refractivity contribution in [3.8, 4) is 11.5 Å². The highest BCUT2D eigenvalue weighted by molar-refractivity contribution is 7.98. The predicted octanol–water partition coefficient (Wildman–Crippen LogP) is 2.62. The maximum absolute atomic E-state index is 5.40. The van der Waals surface area contributed by atoms with Crippen molar-refractivity contribution in [2.24, 2.45) is 0 Å². The van der Waals surface area contributed by atoms with Crippen molar-refractivity contribution < 1.29 is 14.2 Å². The summed E-state index contributed by atoms with van der Waals surface area (Å²) in [5, 5.41) is 9.05. The number of methoxy groups -OCH3 is 3. The van der Waals surface area contributed by atoms with Crippen molar-refractivity contribution in [1.29, 1.82) is 0 Å². The smallest absolute Gasteiger partial charge is 0.191 e. The van der Waals surface area contributed by atoms with Crippen LogP contribution in [0.2, 0.25) is 0 Å². The molecule has 7 heteroatoms. The highest BCUT2D eigenvalue weighted by atomic mass is 32.2. The Hall–Kier alpha value is -1.73. The quantitative estimate of drug-likeness (QED) is 0.522. The van der Waals surface area contributed by atoms with Crippen LogP contribution in [-0.4, -0.2) is 42.7 Å². The van der Waals surface area contributed by atoms with Gasteiger partial charge in [0.2, 0.25) is 0 Å². The van der Waals surface area contributed by atoms with Crippen LogP contribution >= 0.6 is 11.8 Å². The van der Waals surface area contributed by atoms with Crippen LogP contribution < -0.4 is 9.47 Å². The van der Waals surface area contributed by atoms with Gasteiger partial charge in [0.25, 0.3) is 0 Å². The number of rotatable bonds is 9. The van der Waals surface area contributed by atoms with Crippen LogP contribution in [0.5, 0.6) is 11.5 Å². The number of benzene rings is 1. The molecule has 0 saturated heterocycles. The van der Waals surface area contributed by atoms with Gasteiger partial charge in [0.05, 0.1) is 14.2 Å². The second-order valence-corrected chi connectivity index (χ2v) is 5.56. The molecule has 22 heavy (non-hydrogen) atoms. The number of thioether (sulfide) groups is 1. The van der Waals surface area contributed by atoms with E-state index < -0.39 is 0 Å². The lowest BCUT2D eigenvalue weighted by Crippen LogP contribution is -2.02. The van der Waals surface area contributed by atoms with E-state index in [4.69, 9.17) is 14.2 Å². The monoisotopic (exact) mass is 323 g/mol. The van der Waals surface area contributed by atoms with Gasteiger partial charge in [0.15, 0.2) is 5.16 Å². The largest absolute Gasteiger partial charge is 0.497 e. The third kappa shape index (κ3) is 4.38. The first-order valence-electron chi connectivity index (χ1n) is 6.99. The number of aryl methyl sites for hydroxylation is 1. The zero-order valence-electron chi connectivity index (χ0n) is 13.1. The molecule has 0 aliphatic carbocycles. The molecule has 0 saturated carbocycles. The van der Waals surface area contributed by atoms with E-state index in [2.05, 4.69) is 10.2 Å². The molecule has 0 spiro atoms. The highest BCUT2D eigenvalue weighted by Crippen LogP contribution is 2.30. The summed E-state index contributed by atoms with van der Waals surface area (Å²) in [4.78, 5) is 0. The molecule has 0 aliphatic rings. The summed E-state index contributed by atoms with van der Waals surface area (Å²) in [6, 6.07) is 5.79. The molecule has 0 radical (unpaired) electrons. The molecule has 0 unspecified atom stereocenters. The van der Waals surface area contributed by atoms with Gasteiger partial charge in [-0.3, -0.25) is 0 Å². The van der Waals surface area contributed by atoms with Crippen LogP contribution in [-0.2, 0) is 17.0 Å². The van der Waals surface area contributed by atoms with Gasteiger partial charge in [-0.1, -0.05) is 11.8 Å². The lowest BCUT2D eigenvalue weighted by atomic mass is 10.2. The Bertz CT molecular complexity index is 589. The second-order valence-electron chi connectivity index (χ2n) is 4.62. The second kappa shape index (κ2) is 8.65. The minimum Gasteiger partial charge on any atom is -0.497 e. The molecule has 0 bridgehead atoms. The average Bonchev–Trinajstić information content (AvgIpc) is 3.00. The fourth-order valence-corrected chi connectivity index (χ4v) is 2.95. The molecule has 1 aromatic heterocycles. The van der Waals surface area contributed by atoms with E-state index in [1.54, 1.807) is 39.4 Å². The number of aromatic nitrogens is 3. The van der Waals surface area contributed by atoms with Gasteiger partial charge >= 0.3 is 0 Å². The molecule has 1 heterocycles. The highest BCUT2D eigenvalue weighted by Gasteiger charge is 2.09. The summed E-state index contributed by atoms with van der Waals surface area (Å²) in [5.74, 6) is 2.40. The standard InChI is InChI=1S/C15H21N3O3S/c1-19-8-4-7-18-11-16-17-15(18)22-10-12-9-13(20-2)5-6-14(12)21-3/h5-6,9,11H,4,7-8,10H2,1-3H3. The fourth-order valence-electron chi connectivity index (χ4n) is 2.03. The Kier molecular flexibility index (Phi) is 6.54. The van der Waals surface area contributed by atoms with Crippen LogP contribution in [0.25, 0.3) is 0 Å². The van der Waals surface area contributed by atoms with Crippen molar-refractivity contribution in [1.82, 2.24) is 14.8 Å². The summed E-state index contributed by atoms with van der Waals surface area (Å²) >= 11 is 1.63. The van der Waals surface area contributed by atoms with E-state index in [0.717, 1.165) is 47.5 Å². The number of hydrogen-bond donors (Lipinski definition) is 0. The molecular formula is C15H21N3O3S. The van der Waals surface area contributed by atoms with Gasteiger partial charge in [-0.15, -0.1) is 10.2 Å². The lowest BCUT2D eigenvalue weighted by Gasteiger charge is -2.10. The number of nitrogens with zero attached hydrogens (tertiary/aromatic N) is 3. The molecule has 0 atom stereocenters. The SMILES string of the molecule is COCCCn1cnnc1SCc1cc(OC)ccc1OC. The molecule has 0 fully saturated rings. The third-order valence-electron chi connectivity index (χ3n) is 3.17. The van der Waals surface area contributed by atoms with Crippen LogP contribution in [0.3, 0.4) is 0 Å². The first-order valence-corrected chi connectivity index (χ1v) is 7.97. The van der Waals surface area contributed by atoms with Gasteiger partial charge in [-0.05, 0) is 24.6 Å². The van der Waals surface area contributed by atoms with E-state index in [1.165, 1.54) is 0 Å². The summed E-state index contributed by atoms with van der Waals surface area (Å²) in [6.07, 6.45) is 2.69. The topological polar surface area (TPSA) is 58.4 Å². The Morgan fingerprint density at radius 3 is 2.77 bits per heavy atom. The molecule has 2 rings (SSSR count). The number of ether oxygens (including phenoxy) is 3. The molecule has 0 amide bonds. The molecular weight excluding hydrogens is 302 g/mol. The summed E-state index contributed by atoms with van der Waals surface area (Å²) in [7, 11) is 5.03. The fraction of sp³-hybridized carbons (Fsp3) is 0.467. The molecule has 1 aromatic carbocycles. The molecule has 0 aliphatic heterocycles. The molecule has 0 N–H and O–H groups in total. The molecule has 6 nitrogen and oxygen atoms in total. The average molecular weight is 323 g/mol. The minimum absolute atomic E-state index is 0.728. The van der Waals surface area contributed by atoms with Crippen LogP contribution in [0.1, 0.15) is 12.0 Å².